The molecule has 1 N–H and O–H groups in total. The number of likely N-dealkylation sites (tertiary alicyclic amines) is 1. The number of piperidine rings is 1. The molecule has 1 saturated heterocycles. The van der Waals surface area contributed by atoms with E-state index in [9.17, 15) is 13.2 Å². The standard InChI is InChI=1S/C16H24N2O3S/c1-12(2)14-6-4-8-16(10-14)22(20,21)17-15-7-5-9-18(11-15)13(3)19/h4,6,8,10,12,15,17H,5,7,9,11H2,1-3H3. The fraction of sp³-hybridized carbons (Fsp3) is 0.562. The predicted molar refractivity (Wildman–Crippen MR) is 86.1 cm³/mol. The Labute approximate surface area is 132 Å². The van der Waals surface area contributed by atoms with Gasteiger partial charge < -0.3 is 4.90 Å². The zero-order chi connectivity index (χ0) is 16.3. The first-order chi connectivity index (χ1) is 10.3. The van der Waals surface area contributed by atoms with E-state index in [0.29, 0.717) is 18.0 Å². The monoisotopic (exact) mass is 324 g/mol. The highest BCUT2D eigenvalue weighted by Gasteiger charge is 2.26. The SMILES string of the molecule is CC(=O)N1CCCC(NS(=O)(=O)c2cccc(C(C)C)c2)C1. The molecule has 0 aliphatic carbocycles. The summed E-state index contributed by atoms with van der Waals surface area (Å²) in [5, 5.41) is 0. The van der Waals surface area contributed by atoms with Gasteiger partial charge in [0.25, 0.3) is 0 Å². The van der Waals surface area contributed by atoms with E-state index in [1.54, 1.807) is 23.1 Å². The molecule has 1 amide bonds. The normalized spacial score (nSPS) is 19.5. The molecule has 1 unspecified atom stereocenters. The van der Waals surface area contributed by atoms with Crippen molar-refractivity contribution < 1.29 is 13.2 Å². The van der Waals surface area contributed by atoms with Gasteiger partial charge in [-0.05, 0) is 36.5 Å². The minimum Gasteiger partial charge on any atom is -0.341 e. The Bertz CT molecular complexity index is 641. The van der Waals surface area contributed by atoms with E-state index in [1.165, 1.54) is 6.92 Å². The second-order valence-corrected chi connectivity index (χ2v) is 7.87. The molecule has 1 fully saturated rings. The quantitative estimate of drug-likeness (QED) is 0.922. The maximum absolute atomic E-state index is 12.5. The smallest absolute Gasteiger partial charge is 0.240 e. The lowest BCUT2D eigenvalue weighted by atomic mass is 10.0. The van der Waals surface area contributed by atoms with Crippen LogP contribution in [0.15, 0.2) is 29.2 Å². The molecule has 1 atom stereocenters. The zero-order valence-corrected chi connectivity index (χ0v) is 14.2. The largest absolute Gasteiger partial charge is 0.341 e. The summed E-state index contributed by atoms with van der Waals surface area (Å²) in [6, 6.07) is 6.82. The molecule has 0 bridgehead atoms. The molecule has 6 heteroatoms. The highest BCUT2D eigenvalue weighted by Crippen LogP contribution is 2.20. The van der Waals surface area contributed by atoms with Crippen molar-refractivity contribution >= 4 is 15.9 Å². The lowest BCUT2D eigenvalue weighted by Gasteiger charge is -2.32. The van der Waals surface area contributed by atoms with Crippen molar-refractivity contribution in [1.82, 2.24) is 9.62 Å². The van der Waals surface area contributed by atoms with Gasteiger partial charge in [0.2, 0.25) is 15.9 Å². The number of amides is 1. The van der Waals surface area contributed by atoms with E-state index in [-0.39, 0.29) is 17.9 Å². The van der Waals surface area contributed by atoms with Gasteiger partial charge in [0.05, 0.1) is 4.90 Å². The van der Waals surface area contributed by atoms with Crippen LogP contribution in [0.25, 0.3) is 0 Å². The number of benzene rings is 1. The first kappa shape index (κ1) is 17.0. The van der Waals surface area contributed by atoms with E-state index >= 15 is 0 Å². The number of nitrogens with one attached hydrogen (secondary N) is 1. The fourth-order valence-corrected chi connectivity index (χ4v) is 4.00. The van der Waals surface area contributed by atoms with Gasteiger partial charge in [-0.15, -0.1) is 0 Å². The maximum atomic E-state index is 12.5. The van der Waals surface area contributed by atoms with Crippen LogP contribution >= 0.6 is 0 Å². The second kappa shape index (κ2) is 6.79. The van der Waals surface area contributed by atoms with Crippen molar-refractivity contribution in [3.05, 3.63) is 29.8 Å². The van der Waals surface area contributed by atoms with Crippen molar-refractivity contribution in [3.63, 3.8) is 0 Å². The Morgan fingerprint density at radius 1 is 1.36 bits per heavy atom. The number of nitrogens with zero attached hydrogens (tertiary/aromatic N) is 1. The first-order valence-electron chi connectivity index (χ1n) is 7.67. The summed E-state index contributed by atoms with van der Waals surface area (Å²) in [6.07, 6.45) is 1.58. The lowest BCUT2D eigenvalue weighted by Crippen LogP contribution is -2.48. The first-order valence-corrected chi connectivity index (χ1v) is 9.15. The number of carbonyl (C=O) groups is 1. The van der Waals surface area contributed by atoms with Crippen molar-refractivity contribution in [2.45, 2.75) is 50.5 Å². The molecule has 5 nitrogen and oxygen atoms in total. The number of rotatable bonds is 4. The van der Waals surface area contributed by atoms with Crippen LogP contribution in [0.1, 0.15) is 45.1 Å². The van der Waals surface area contributed by atoms with Gasteiger partial charge in [-0.3, -0.25) is 4.79 Å². The van der Waals surface area contributed by atoms with Gasteiger partial charge in [-0.1, -0.05) is 26.0 Å². The summed E-state index contributed by atoms with van der Waals surface area (Å²) in [6.45, 7) is 6.73. The van der Waals surface area contributed by atoms with Crippen molar-refractivity contribution in [3.8, 4) is 0 Å². The highest BCUT2D eigenvalue weighted by molar-refractivity contribution is 7.89. The summed E-state index contributed by atoms with van der Waals surface area (Å²) in [7, 11) is -3.55. The van der Waals surface area contributed by atoms with Crippen LogP contribution in [0.5, 0.6) is 0 Å². The molecule has 1 heterocycles. The van der Waals surface area contributed by atoms with Crippen LogP contribution in [-0.2, 0) is 14.8 Å². The van der Waals surface area contributed by atoms with Crippen molar-refractivity contribution in [2.75, 3.05) is 13.1 Å². The van der Waals surface area contributed by atoms with Crippen LogP contribution in [0.3, 0.4) is 0 Å². The van der Waals surface area contributed by atoms with Gasteiger partial charge in [0.1, 0.15) is 0 Å². The molecule has 0 aromatic heterocycles. The van der Waals surface area contributed by atoms with Crippen molar-refractivity contribution in [1.29, 1.82) is 0 Å². The van der Waals surface area contributed by atoms with Gasteiger partial charge in [-0.2, -0.15) is 0 Å². The molecule has 22 heavy (non-hydrogen) atoms. The van der Waals surface area contributed by atoms with E-state index in [4.69, 9.17) is 0 Å². The molecular weight excluding hydrogens is 300 g/mol. The summed E-state index contributed by atoms with van der Waals surface area (Å²) in [4.78, 5) is 13.4. The topological polar surface area (TPSA) is 66.5 Å². The molecule has 1 aromatic carbocycles. The maximum Gasteiger partial charge on any atom is 0.240 e. The Morgan fingerprint density at radius 2 is 2.09 bits per heavy atom. The predicted octanol–water partition coefficient (Wildman–Crippen LogP) is 2.10. The summed E-state index contributed by atoms with van der Waals surface area (Å²) in [5.74, 6) is 0.267. The average molecular weight is 324 g/mol. The summed E-state index contributed by atoms with van der Waals surface area (Å²) in [5.41, 5.74) is 0.997. The summed E-state index contributed by atoms with van der Waals surface area (Å²) < 4.78 is 27.8. The Balaban J connectivity index is 2.14. The minimum atomic E-state index is -3.55. The molecule has 0 spiro atoms. The van der Waals surface area contributed by atoms with E-state index in [1.807, 2.05) is 19.9 Å². The molecule has 2 rings (SSSR count). The molecular formula is C16H24N2O3S. The van der Waals surface area contributed by atoms with E-state index < -0.39 is 10.0 Å². The Hall–Kier alpha value is -1.40. The average Bonchev–Trinajstić information content (AvgIpc) is 2.47. The zero-order valence-electron chi connectivity index (χ0n) is 13.4. The van der Waals surface area contributed by atoms with Crippen LogP contribution in [0, 0.1) is 0 Å². The van der Waals surface area contributed by atoms with Crippen LogP contribution in [0.2, 0.25) is 0 Å². The van der Waals surface area contributed by atoms with Gasteiger partial charge in [0.15, 0.2) is 0 Å². The Morgan fingerprint density at radius 3 is 2.73 bits per heavy atom. The van der Waals surface area contributed by atoms with Gasteiger partial charge in [-0.25, -0.2) is 13.1 Å². The third-order valence-corrected chi connectivity index (χ3v) is 5.54. The van der Waals surface area contributed by atoms with E-state index in [0.717, 1.165) is 18.4 Å². The fourth-order valence-electron chi connectivity index (χ4n) is 2.69. The molecule has 1 aliphatic heterocycles. The summed E-state index contributed by atoms with van der Waals surface area (Å²) >= 11 is 0. The number of carbonyl (C=O) groups excluding carboxylic acids is 1. The molecule has 122 valence electrons. The van der Waals surface area contributed by atoms with Gasteiger partial charge in [0, 0.05) is 26.1 Å². The van der Waals surface area contributed by atoms with E-state index in [2.05, 4.69) is 4.72 Å². The molecule has 0 radical (unpaired) electrons. The van der Waals surface area contributed by atoms with Crippen LogP contribution in [0.4, 0.5) is 0 Å². The molecule has 0 saturated carbocycles. The molecule has 1 aromatic rings. The van der Waals surface area contributed by atoms with Gasteiger partial charge >= 0.3 is 0 Å². The van der Waals surface area contributed by atoms with Crippen LogP contribution in [-0.4, -0.2) is 38.4 Å². The third kappa shape index (κ3) is 4.08. The lowest BCUT2D eigenvalue weighted by molar-refractivity contribution is -0.130. The molecule has 1 aliphatic rings. The highest BCUT2D eigenvalue weighted by atomic mass is 32.2. The second-order valence-electron chi connectivity index (χ2n) is 6.15. The van der Waals surface area contributed by atoms with Crippen LogP contribution < -0.4 is 4.72 Å². The Kier molecular flexibility index (Phi) is 5.24. The third-order valence-electron chi connectivity index (χ3n) is 4.02. The number of hydrogen-bond acceptors (Lipinski definition) is 3. The van der Waals surface area contributed by atoms with Crippen molar-refractivity contribution in [2.24, 2.45) is 0 Å². The number of hydrogen-bond donors (Lipinski definition) is 1. The minimum absolute atomic E-state index is 0.00861. The number of sulfonamides is 1.